The molecule has 0 atom stereocenters. The van der Waals surface area contributed by atoms with E-state index in [1.165, 1.54) is 15.6 Å². The maximum Gasteiger partial charge on any atom is 0.180 e. The van der Waals surface area contributed by atoms with Crippen molar-refractivity contribution in [2.45, 2.75) is 0 Å². The number of hydrogen-bond acceptors (Lipinski definition) is 3. The Hall–Kier alpha value is -6.97. The minimum Gasteiger partial charge on any atom is -0.309 e. The maximum absolute atomic E-state index is 10.6. The standard InChI is InChI=1S/C45H28N4Si/c46-29-32-21-25-44-42(26-32)39-18-10-11-19-43(39)49(44)35-23-22-34(31-48)41(28-35)40-24-20-33(30-47)27-45(40)50(36-12-4-1-5-13-36,37-14-6-2-7-15-37)38-16-8-3-9-17-38/h1-28H. The number of para-hydroxylation sites is 1. The highest BCUT2D eigenvalue weighted by Crippen LogP contribution is 2.35. The Morgan fingerprint density at radius 2 is 0.960 bits per heavy atom. The van der Waals surface area contributed by atoms with E-state index in [0.29, 0.717) is 16.7 Å². The van der Waals surface area contributed by atoms with Crippen LogP contribution < -0.4 is 20.7 Å². The first-order valence-corrected chi connectivity index (χ1v) is 18.4. The second kappa shape index (κ2) is 12.6. The fourth-order valence-corrected chi connectivity index (χ4v) is 12.5. The molecule has 1 aromatic heterocycles. The Morgan fingerprint density at radius 1 is 0.420 bits per heavy atom. The van der Waals surface area contributed by atoms with Crippen molar-refractivity contribution in [3.05, 3.63) is 187 Å². The Kier molecular flexibility index (Phi) is 7.63. The van der Waals surface area contributed by atoms with Crippen LogP contribution in [0.15, 0.2) is 170 Å². The van der Waals surface area contributed by atoms with Gasteiger partial charge >= 0.3 is 0 Å². The number of nitriles is 3. The maximum atomic E-state index is 10.6. The fourth-order valence-electron chi connectivity index (χ4n) is 7.50. The van der Waals surface area contributed by atoms with Crippen LogP contribution in [-0.4, -0.2) is 12.6 Å². The van der Waals surface area contributed by atoms with E-state index >= 15 is 0 Å². The fraction of sp³-hybridized carbons (Fsp3) is 0. The molecule has 0 saturated heterocycles. The molecule has 8 rings (SSSR count). The smallest absolute Gasteiger partial charge is 0.180 e. The molecular weight excluding hydrogens is 625 g/mol. The lowest BCUT2D eigenvalue weighted by Crippen LogP contribution is -2.75. The number of benzene rings is 7. The van der Waals surface area contributed by atoms with Gasteiger partial charge in [0, 0.05) is 22.0 Å². The van der Waals surface area contributed by atoms with Crippen LogP contribution >= 0.6 is 0 Å². The molecule has 232 valence electrons. The van der Waals surface area contributed by atoms with Crippen LogP contribution in [-0.2, 0) is 0 Å². The number of aromatic nitrogens is 1. The first kappa shape index (κ1) is 30.4. The van der Waals surface area contributed by atoms with Gasteiger partial charge in [0.1, 0.15) is 0 Å². The predicted octanol–water partition coefficient (Wildman–Crippen LogP) is 7.44. The lowest BCUT2D eigenvalue weighted by atomic mass is 9.98. The van der Waals surface area contributed by atoms with Gasteiger partial charge in [0.25, 0.3) is 0 Å². The highest BCUT2D eigenvalue weighted by molar-refractivity contribution is 7.20. The molecule has 0 aliphatic rings. The summed E-state index contributed by atoms with van der Waals surface area (Å²) in [5, 5.41) is 37.2. The van der Waals surface area contributed by atoms with Gasteiger partial charge in [-0.1, -0.05) is 115 Å². The number of rotatable bonds is 6. The van der Waals surface area contributed by atoms with E-state index in [4.69, 9.17) is 0 Å². The zero-order valence-corrected chi connectivity index (χ0v) is 28.0. The molecule has 0 spiro atoms. The Bertz CT molecular complexity index is 2580. The van der Waals surface area contributed by atoms with E-state index in [2.05, 4.69) is 114 Å². The van der Waals surface area contributed by atoms with Crippen molar-refractivity contribution in [2.75, 3.05) is 0 Å². The van der Waals surface area contributed by atoms with Crippen LogP contribution in [0.4, 0.5) is 0 Å². The van der Waals surface area contributed by atoms with Crippen LogP contribution in [0, 0.1) is 34.0 Å². The Morgan fingerprint density at radius 3 is 1.56 bits per heavy atom. The molecule has 0 aliphatic carbocycles. The summed E-state index contributed by atoms with van der Waals surface area (Å²) in [4.78, 5) is 0. The van der Waals surface area contributed by atoms with Crippen molar-refractivity contribution >= 4 is 50.6 Å². The number of hydrogen-bond donors (Lipinski definition) is 0. The first-order valence-electron chi connectivity index (χ1n) is 16.4. The SMILES string of the molecule is N#Cc1ccc(-c2cc(-n3c4ccccc4c4cc(C#N)ccc43)ccc2C#N)c([Si](c2ccccc2)(c2ccccc2)c2ccccc2)c1. The van der Waals surface area contributed by atoms with Gasteiger partial charge in [0.05, 0.1) is 45.9 Å². The molecule has 0 amide bonds. The molecule has 1 heterocycles. The lowest BCUT2D eigenvalue weighted by molar-refractivity contribution is 1.18. The summed E-state index contributed by atoms with van der Waals surface area (Å²) in [5.74, 6) is 0. The topological polar surface area (TPSA) is 76.3 Å². The molecule has 0 N–H and O–H groups in total. The molecule has 0 saturated carbocycles. The summed E-state index contributed by atoms with van der Waals surface area (Å²) in [5.41, 5.74) is 6.31. The van der Waals surface area contributed by atoms with Crippen molar-refractivity contribution < 1.29 is 0 Å². The monoisotopic (exact) mass is 652 g/mol. The van der Waals surface area contributed by atoms with Crippen molar-refractivity contribution in [2.24, 2.45) is 0 Å². The molecule has 0 unspecified atom stereocenters. The van der Waals surface area contributed by atoms with E-state index in [1.807, 2.05) is 78.9 Å². The van der Waals surface area contributed by atoms with E-state index in [0.717, 1.165) is 43.8 Å². The summed E-state index contributed by atoms with van der Waals surface area (Å²) in [6, 6.07) is 64.9. The van der Waals surface area contributed by atoms with Gasteiger partial charge in [-0.2, -0.15) is 15.8 Å². The highest BCUT2D eigenvalue weighted by Gasteiger charge is 2.43. The predicted molar refractivity (Wildman–Crippen MR) is 204 cm³/mol. The van der Waals surface area contributed by atoms with E-state index < -0.39 is 8.07 Å². The van der Waals surface area contributed by atoms with Crippen molar-refractivity contribution in [1.29, 1.82) is 15.8 Å². The molecule has 0 radical (unpaired) electrons. The normalized spacial score (nSPS) is 11.1. The van der Waals surface area contributed by atoms with Crippen molar-refractivity contribution in [1.82, 2.24) is 4.57 Å². The molecule has 50 heavy (non-hydrogen) atoms. The Labute approximate surface area is 291 Å². The summed E-state index contributed by atoms with van der Waals surface area (Å²) in [6.45, 7) is 0. The molecular formula is C45H28N4Si. The summed E-state index contributed by atoms with van der Waals surface area (Å²) < 4.78 is 2.20. The van der Waals surface area contributed by atoms with Crippen LogP contribution in [0.5, 0.6) is 0 Å². The van der Waals surface area contributed by atoms with Crippen LogP contribution in [0.2, 0.25) is 0 Å². The average molecular weight is 653 g/mol. The second-order valence-electron chi connectivity index (χ2n) is 12.3. The molecule has 0 aliphatic heterocycles. The summed E-state index contributed by atoms with van der Waals surface area (Å²) in [7, 11) is -3.09. The number of nitrogens with zero attached hydrogens (tertiary/aromatic N) is 4. The molecule has 0 bridgehead atoms. The van der Waals surface area contributed by atoms with Gasteiger partial charge in [-0.05, 0) is 80.9 Å². The lowest BCUT2D eigenvalue weighted by Gasteiger charge is -2.36. The van der Waals surface area contributed by atoms with E-state index in [9.17, 15) is 15.8 Å². The zero-order chi connectivity index (χ0) is 34.1. The van der Waals surface area contributed by atoms with Crippen LogP contribution in [0.3, 0.4) is 0 Å². The van der Waals surface area contributed by atoms with Gasteiger partial charge in [-0.25, -0.2) is 0 Å². The third-order valence-corrected chi connectivity index (χ3v) is 14.5. The molecule has 0 fully saturated rings. The first-order chi connectivity index (χ1) is 24.7. The summed E-state index contributed by atoms with van der Waals surface area (Å²) >= 11 is 0. The highest BCUT2D eigenvalue weighted by atomic mass is 28.3. The van der Waals surface area contributed by atoms with Gasteiger partial charge in [-0.15, -0.1) is 0 Å². The van der Waals surface area contributed by atoms with E-state index in [1.54, 1.807) is 0 Å². The Balaban J connectivity index is 1.49. The minimum absolute atomic E-state index is 0.546. The van der Waals surface area contributed by atoms with Gasteiger partial charge in [0.2, 0.25) is 0 Å². The molecule has 8 aromatic rings. The second-order valence-corrected chi connectivity index (χ2v) is 16.0. The van der Waals surface area contributed by atoms with Crippen molar-refractivity contribution in [3.63, 3.8) is 0 Å². The van der Waals surface area contributed by atoms with Crippen molar-refractivity contribution in [3.8, 4) is 35.0 Å². The average Bonchev–Trinajstić information content (AvgIpc) is 3.53. The molecule has 4 nitrogen and oxygen atoms in total. The minimum atomic E-state index is -3.09. The molecule has 7 aromatic carbocycles. The van der Waals surface area contributed by atoms with Crippen LogP contribution in [0.1, 0.15) is 16.7 Å². The third-order valence-electron chi connectivity index (χ3n) is 9.65. The van der Waals surface area contributed by atoms with Crippen LogP contribution in [0.25, 0.3) is 38.6 Å². The van der Waals surface area contributed by atoms with Gasteiger partial charge < -0.3 is 4.57 Å². The van der Waals surface area contributed by atoms with Gasteiger partial charge in [-0.3, -0.25) is 0 Å². The summed E-state index contributed by atoms with van der Waals surface area (Å²) in [6.07, 6.45) is 0. The molecule has 5 heteroatoms. The third kappa shape index (κ3) is 4.80. The van der Waals surface area contributed by atoms with E-state index in [-0.39, 0.29) is 0 Å². The zero-order valence-electron chi connectivity index (χ0n) is 27.0. The van der Waals surface area contributed by atoms with Gasteiger partial charge in [0.15, 0.2) is 8.07 Å². The largest absolute Gasteiger partial charge is 0.309 e. The number of fused-ring (bicyclic) bond motifs is 3. The quantitative estimate of drug-likeness (QED) is 0.138.